The Morgan fingerprint density at radius 1 is 0.550 bits per heavy atom. The summed E-state index contributed by atoms with van der Waals surface area (Å²) in [5, 5.41) is 0. The highest BCUT2D eigenvalue weighted by atomic mass is 35.5. The Balaban J connectivity index is 0. The van der Waals surface area contributed by atoms with E-state index < -0.39 is 0 Å². The summed E-state index contributed by atoms with van der Waals surface area (Å²) in [7, 11) is 3.04. The highest BCUT2D eigenvalue weighted by molar-refractivity contribution is 7.17. The molecule has 0 heterocycles. The molecule has 2 unspecified atom stereocenters. The Hall–Kier alpha value is 0.720. The molecular weight excluding hydrogens is 283 g/mol. The predicted molar refractivity (Wildman–Crippen MR) is 101 cm³/mol. The van der Waals surface area contributed by atoms with Gasteiger partial charge in [-0.3, -0.25) is 0 Å². The predicted octanol–water partition coefficient (Wildman–Crippen LogP) is 7.54. The maximum Gasteiger partial charge on any atom is -0.0264 e. The van der Waals surface area contributed by atoms with Crippen LogP contribution in [0.3, 0.4) is 0 Å². The molecular formula is C18H40ClP. The first-order valence-electron chi connectivity index (χ1n) is 9.06. The minimum absolute atomic E-state index is 0. The van der Waals surface area contributed by atoms with Crippen LogP contribution >= 0.6 is 21.6 Å². The van der Waals surface area contributed by atoms with Crippen LogP contribution < -0.4 is 0 Å². The topological polar surface area (TPSA) is 0 Å². The zero-order chi connectivity index (χ0) is 14.2. The molecule has 0 aromatic heterocycles. The van der Waals surface area contributed by atoms with Gasteiger partial charge in [0, 0.05) is 0 Å². The average Bonchev–Trinajstić information content (AvgIpc) is 2.42. The lowest BCUT2D eigenvalue weighted by molar-refractivity contribution is 0.535. The van der Waals surface area contributed by atoms with Crippen molar-refractivity contribution < 1.29 is 0 Å². The Morgan fingerprint density at radius 3 is 1.35 bits per heavy atom. The van der Waals surface area contributed by atoms with E-state index in [0.29, 0.717) is 0 Å². The minimum atomic E-state index is 0. The van der Waals surface area contributed by atoms with Crippen LogP contribution in [0.2, 0.25) is 0 Å². The van der Waals surface area contributed by atoms with E-state index in [1.807, 2.05) is 0 Å². The maximum atomic E-state index is 3.04. The van der Waals surface area contributed by atoms with E-state index >= 15 is 0 Å². The molecule has 0 aliphatic heterocycles. The maximum absolute atomic E-state index is 3.04. The summed E-state index contributed by atoms with van der Waals surface area (Å²) in [4.78, 5) is 0. The van der Waals surface area contributed by atoms with Crippen molar-refractivity contribution in [1.82, 2.24) is 0 Å². The molecule has 0 nitrogen and oxygen atoms in total. The first-order valence-corrected chi connectivity index (χ1v) is 9.73. The van der Waals surface area contributed by atoms with Crippen molar-refractivity contribution in [2.75, 3.05) is 0 Å². The highest BCUT2D eigenvalue weighted by Gasteiger charge is 2.01. The molecule has 0 aliphatic carbocycles. The van der Waals surface area contributed by atoms with Crippen molar-refractivity contribution in [1.29, 1.82) is 0 Å². The molecule has 2 atom stereocenters. The van der Waals surface area contributed by atoms with Crippen LogP contribution in [0, 0.1) is 0 Å². The Labute approximate surface area is 137 Å². The Kier molecular flexibility index (Phi) is 22.7. The Bertz CT molecular complexity index is 161. The second-order valence-electron chi connectivity index (χ2n) is 6.23. The van der Waals surface area contributed by atoms with Gasteiger partial charge >= 0.3 is 0 Å². The SMILES string of the molecule is CCCCCCCCCCCCCC(P)CCCC.Cl. The largest absolute Gasteiger partial charge is 0.147 e. The molecule has 0 rings (SSSR count). The van der Waals surface area contributed by atoms with Crippen LogP contribution in [0.25, 0.3) is 0 Å². The molecule has 0 N–H and O–H groups in total. The van der Waals surface area contributed by atoms with Gasteiger partial charge in [0.05, 0.1) is 0 Å². The normalized spacial score (nSPS) is 12.2. The molecule has 0 amide bonds. The minimum Gasteiger partial charge on any atom is -0.147 e. The molecule has 20 heavy (non-hydrogen) atoms. The standard InChI is InChI=1S/C18H39P.ClH/c1-3-5-7-8-9-10-11-12-13-14-15-17-18(19)16-6-4-2;/h18H,3-17,19H2,1-2H3;1H. The first kappa shape index (κ1) is 23.0. The van der Waals surface area contributed by atoms with Gasteiger partial charge in [0.2, 0.25) is 0 Å². The molecule has 0 aromatic carbocycles. The molecule has 2 heteroatoms. The van der Waals surface area contributed by atoms with Gasteiger partial charge in [-0.15, -0.1) is 21.6 Å². The van der Waals surface area contributed by atoms with Gasteiger partial charge in [-0.25, -0.2) is 0 Å². The van der Waals surface area contributed by atoms with Crippen LogP contribution in [0.4, 0.5) is 0 Å². The fourth-order valence-corrected chi connectivity index (χ4v) is 3.15. The lowest BCUT2D eigenvalue weighted by Gasteiger charge is -2.09. The van der Waals surface area contributed by atoms with Crippen molar-refractivity contribution in [2.24, 2.45) is 0 Å². The summed E-state index contributed by atoms with van der Waals surface area (Å²) in [6.45, 7) is 4.58. The van der Waals surface area contributed by atoms with Crippen LogP contribution in [-0.4, -0.2) is 5.66 Å². The van der Waals surface area contributed by atoms with Gasteiger partial charge in [-0.1, -0.05) is 97.3 Å². The number of rotatable bonds is 15. The summed E-state index contributed by atoms with van der Waals surface area (Å²) < 4.78 is 0. The molecule has 0 aliphatic rings. The zero-order valence-corrected chi connectivity index (χ0v) is 16.1. The lowest BCUT2D eigenvalue weighted by atomic mass is 10.0. The number of unbranched alkanes of at least 4 members (excludes halogenated alkanes) is 11. The van der Waals surface area contributed by atoms with E-state index in [0.717, 1.165) is 5.66 Å². The van der Waals surface area contributed by atoms with Gasteiger partial charge in [-0.2, -0.15) is 0 Å². The van der Waals surface area contributed by atoms with Crippen LogP contribution in [0.1, 0.15) is 110 Å². The smallest absolute Gasteiger partial charge is 0.0264 e. The van der Waals surface area contributed by atoms with Crippen LogP contribution in [0.5, 0.6) is 0 Å². The number of halogens is 1. The van der Waals surface area contributed by atoms with E-state index in [1.165, 1.54) is 96.3 Å². The van der Waals surface area contributed by atoms with E-state index in [-0.39, 0.29) is 12.4 Å². The monoisotopic (exact) mass is 322 g/mol. The Morgan fingerprint density at radius 2 is 0.900 bits per heavy atom. The van der Waals surface area contributed by atoms with Crippen LogP contribution in [-0.2, 0) is 0 Å². The van der Waals surface area contributed by atoms with Gasteiger partial charge in [0.15, 0.2) is 0 Å². The fourth-order valence-electron chi connectivity index (χ4n) is 2.68. The third-order valence-corrected chi connectivity index (χ3v) is 4.77. The van der Waals surface area contributed by atoms with Gasteiger partial charge < -0.3 is 0 Å². The second-order valence-corrected chi connectivity index (χ2v) is 7.17. The molecule has 0 bridgehead atoms. The molecule has 0 saturated carbocycles. The summed E-state index contributed by atoms with van der Waals surface area (Å²) >= 11 is 0. The zero-order valence-electron chi connectivity index (χ0n) is 14.2. The fraction of sp³-hybridized carbons (Fsp3) is 1.00. The van der Waals surface area contributed by atoms with Crippen LogP contribution in [0.15, 0.2) is 0 Å². The highest BCUT2D eigenvalue weighted by Crippen LogP contribution is 2.18. The summed E-state index contributed by atoms with van der Waals surface area (Å²) in [5.74, 6) is 0. The summed E-state index contributed by atoms with van der Waals surface area (Å²) in [6.07, 6.45) is 21.7. The quantitative estimate of drug-likeness (QED) is 0.216. The lowest BCUT2D eigenvalue weighted by Crippen LogP contribution is -1.97. The molecule has 124 valence electrons. The van der Waals surface area contributed by atoms with Crippen molar-refractivity contribution in [3.63, 3.8) is 0 Å². The number of hydrogen-bond acceptors (Lipinski definition) is 0. The van der Waals surface area contributed by atoms with E-state index in [9.17, 15) is 0 Å². The second kappa shape index (κ2) is 19.7. The summed E-state index contributed by atoms with van der Waals surface area (Å²) in [5.41, 5.74) is 0.888. The van der Waals surface area contributed by atoms with Gasteiger partial charge in [0.1, 0.15) is 0 Å². The molecule has 0 spiro atoms. The first-order chi connectivity index (χ1) is 9.31. The van der Waals surface area contributed by atoms with Gasteiger partial charge in [0.25, 0.3) is 0 Å². The third kappa shape index (κ3) is 18.7. The molecule has 0 radical (unpaired) electrons. The van der Waals surface area contributed by atoms with Crippen molar-refractivity contribution in [2.45, 2.75) is 116 Å². The van der Waals surface area contributed by atoms with Crippen molar-refractivity contribution in [3.8, 4) is 0 Å². The average molecular weight is 323 g/mol. The molecule has 0 fully saturated rings. The van der Waals surface area contributed by atoms with Crippen molar-refractivity contribution >= 4 is 21.6 Å². The molecule has 0 saturated heterocycles. The van der Waals surface area contributed by atoms with Crippen molar-refractivity contribution in [3.05, 3.63) is 0 Å². The third-order valence-electron chi connectivity index (χ3n) is 4.11. The van der Waals surface area contributed by atoms with E-state index in [1.54, 1.807) is 0 Å². The van der Waals surface area contributed by atoms with Gasteiger partial charge in [-0.05, 0) is 18.5 Å². The van der Waals surface area contributed by atoms with E-state index in [2.05, 4.69) is 23.1 Å². The number of hydrogen-bond donors (Lipinski definition) is 0. The van der Waals surface area contributed by atoms with E-state index in [4.69, 9.17) is 0 Å². The molecule has 0 aromatic rings. The summed E-state index contributed by atoms with van der Waals surface area (Å²) in [6, 6.07) is 0.